The SMILES string of the molecule is CC(C)c1cccc(COc2ccc(CO)cc2)n1. The molecule has 0 spiro atoms. The van der Waals surface area contributed by atoms with Gasteiger partial charge >= 0.3 is 0 Å². The maximum Gasteiger partial charge on any atom is 0.130 e. The third kappa shape index (κ3) is 3.80. The quantitative estimate of drug-likeness (QED) is 0.893. The topological polar surface area (TPSA) is 42.4 Å². The minimum Gasteiger partial charge on any atom is -0.487 e. The van der Waals surface area contributed by atoms with Gasteiger partial charge in [-0.05, 0) is 35.7 Å². The van der Waals surface area contributed by atoms with Crippen LogP contribution in [0, 0.1) is 0 Å². The lowest BCUT2D eigenvalue weighted by atomic mass is 10.1. The van der Waals surface area contributed by atoms with Gasteiger partial charge in [0.25, 0.3) is 0 Å². The molecule has 0 radical (unpaired) electrons. The minimum absolute atomic E-state index is 0.0538. The highest BCUT2D eigenvalue weighted by Gasteiger charge is 2.03. The van der Waals surface area contributed by atoms with Crippen molar-refractivity contribution in [1.29, 1.82) is 0 Å². The summed E-state index contributed by atoms with van der Waals surface area (Å²) >= 11 is 0. The van der Waals surface area contributed by atoms with E-state index in [9.17, 15) is 0 Å². The van der Waals surface area contributed by atoms with Crippen molar-refractivity contribution in [1.82, 2.24) is 4.98 Å². The van der Waals surface area contributed by atoms with Crippen molar-refractivity contribution < 1.29 is 9.84 Å². The summed E-state index contributed by atoms with van der Waals surface area (Å²) in [6.45, 7) is 4.76. The number of hydrogen-bond donors (Lipinski definition) is 1. The van der Waals surface area contributed by atoms with Gasteiger partial charge in [-0.1, -0.05) is 32.0 Å². The molecule has 1 N–H and O–H groups in total. The second-order valence-corrected chi connectivity index (χ2v) is 4.80. The van der Waals surface area contributed by atoms with Gasteiger partial charge in [0.2, 0.25) is 0 Å². The molecule has 3 heteroatoms. The van der Waals surface area contributed by atoms with Crippen LogP contribution in [0.2, 0.25) is 0 Å². The van der Waals surface area contributed by atoms with Gasteiger partial charge in [-0.15, -0.1) is 0 Å². The summed E-state index contributed by atoms with van der Waals surface area (Å²) in [5, 5.41) is 8.97. The van der Waals surface area contributed by atoms with Gasteiger partial charge in [-0.2, -0.15) is 0 Å². The molecule has 1 heterocycles. The molecule has 100 valence electrons. The Morgan fingerprint density at radius 3 is 2.47 bits per heavy atom. The standard InChI is InChI=1S/C16H19NO2/c1-12(2)16-5-3-4-14(17-16)11-19-15-8-6-13(10-18)7-9-15/h3-9,12,18H,10-11H2,1-2H3. The summed E-state index contributed by atoms with van der Waals surface area (Å²) in [6.07, 6.45) is 0. The molecular weight excluding hydrogens is 238 g/mol. The molecule has 0 atom stereocenters. The molecule has 0 aliphatic carbocycles. The molecule has 0 saturated carbocycles. The average molecular weight is 257 g/mol. The largest absolute Gasteiger partial charge is 0.487 e. The zero-order chi connectivity index (χ0) is 13.7. The van der Waals surface area contributed by atoms with Crippen LogP contribution in [0.25, 0.3) is 0 Å². The van der Waals surface area contributed by atoms with Crippen molar-refractivity contribution in [2.75, 3.05) is 0 Å². The minimum atomic E-state index is 0.0538. The maximum atomic E-state index is 8.97. The first kappa shape index (κ1) is 13.6. The van der Waals surface area contributed by atoms with Crippen molar-refractivity contribution in [3.8, 4) is 5.75 Å². The summed E-state index contributed by atoms with van der Waals surface area (Å²) in [6, 6.07) is 13.4. The van der Waals surface area contributed by atoms with E-state index in [0.717, 1.165) is 22.7 Å². The van der Waals surface area contributed by atoms with E-state index in [1.165, 1.54) is 0 Å². The smallest absolute Gasteiger partial charge is 0.130 e. The van der Waals surface area contributed by atoms with Crippen molar-refractivity contribution in [3.05, 3.63) is 59.4 Å². The predicted molar refractivity (Wildman–Crippen MR) is 75.0 cm³/mol. The zero-order valence-electron chi connectivity index (χ0n) is 11.3. The Balaban J connectivity index is 1.99. The molecule has 1 aromatic heterocycles. The molecule has 2 aromatic rings. The summed E-state index contributed by atoms with van der Waals surface area (Å²) in [4.78, 5) is 4.56. The maximum absolute atomic E-state index is 8.97. The second kappa shape index (κ2) is 6.34. The van der Waals surface area contributed by atoms with E-state index in [-0.39, 0.29) is 6.61 Å². The number of aliphatic hydroxyl groups is 1. The molecule has 0 aliphatic heterocycles. The Morgan fingerprint density at radius 1 is 1.11 bits per heavy atom. The lowest BCUT2D eigenvalue weighted by molar-refractivity contribution is 0.280. The van der Waals surface area contributed by atoms with E-state index >= 15 is 0 Å². The van der Waals surface area contributed by atoms with E-state index < -0.39 is 0 Å². The van der Waals surface area contributed by atoms with Gasteiger partial charge in [-0.25, -0.2) is 0 Å². The van der Waals surface area contributed by atoms with E-state index in [1.807, 2.05) is 42.5 Å². The first-order valence-electron chi connectivity index (χ1n) is 6.47. The molecule has 0 bridgehead atoms. The number of rotatable bonds is 5. The molecule has 0 saturated heterocycles. The fourth-order valence-electron chi connectivity index (χ4n) is 1.75. The van der Waals surface area contributed by atoms with Crippen molar-refractivity contribution >= 4 is 0 Å². The van der Waals surface area contributed by atoms with Gasteiger partial charge in [-0.3, -0.25) is 4.98 Å². The van der Waals surface area contributed by atoms with E-state index in [4.69, 9.17) is 9.84 Å². The van der Waals surface area contributed by atoms with Crippen molar-refractivity contribution in [2.45, 2.75) is 33.0 Å². The summed E-state index contributed by atoms with van der Waals surface area (Å²) in [5.74, 6) is 1.21. The molecule has 1 aromatic carbocycles. The van der Waals surface area contributed by atoms with Crippen LogP contribution in [0.15, 0.2) is 42.5 Å². The highest BCUT2D eigenvalue weighted by atomic mass is 16.5. The van der Waals surface area contributed by atoms with Gasteiger partial charge in [0.05, 0.1) is 12.3 Å². The fraction of sp³-hybridized carbons (Fsp3) is 0.312. The number of pyridine rings is 1. The third-order valence-corrected chi connectivity index (χ3v) is 2.91. The van der Waals surface area contributed by atoms with Crippen LogP contribution in [0.4, 0.5) is 0 Å². The summed E-state index contributed by atoms with van der Waals surface area (Å²) in [7, 11) is 0. The van der Waals surface area contributed by atoms with Crippen LogP contribution in [-0.4, -0.2) is 10.1 Å². The highest BCUT2D eigenvalue weighted by Crippen LogP contribution is 2.15. The molecular formula is C16H19NO2. The summed E-state index contributed by atoms with van der Waals surface area (Å²) < 4.78 is 5.68. The fourth-order valence-corrected chi connectivity index (χ4v) is 1.75. The Labute approximate surface area is 113 Å². The molecule has 19 heavy (non-hydrogen) atoms. The zero-order valence-corrected chi connectivity index (χ0v) is 11.3. The normalized spacial score (nSPS) is 10.7. The van der Waals surface area contributed by atoms with Crippen LogP contribution in [0.5, 0.6) is 5.75 Å². The number of nitrogens with zero attached hydrogens (tertiary/aromatic N) is 1. The number of aromatic nitrogens is 1. The Hall–Kier alpha value is -1.87. The highest BCUT2D eigenvalue weighted by molar-refractivity contribution is 5.27. The monoisotopic (exact) mass is 257 g/mol. The molecule has 0 amide bonds. The molecule has 0 fully saturated rings. The Kier molecular flexibility index (Phi) is 4.53. The van der Waals surface area contributed by atoms with Gasteiger partial charge < -0.3 is 9.84 Å². The first-order chi connectivity index (χ1) is 9.19. The Bertz CT molecular complexity index is 521. The first-order valence-corrected chi connectivity index (χ1v) is 6.47. The van der Waals surface area contributed by atoms with Crippen LogP contribution in [0.1, 0.15) is 36.7 Å². The van der Waals surface area contributed by atoms with Crippen LogP contribution >= 0.6 is 0 Å². The van der Waals surface area contributed by atoms with Gasteiger partial charge in [0.15, 0.2) is 0 Å². The molecule has 2 rings (SSSR count). The molecule has 3 nitrogen and oxygen atoms in total. The lowest BCUT2D eigenvalue weighted by Gasteiger charge is -2.09. The predicted octanol–water partition coefficient (Wildman–Crippen LogP) is 3.28. The molecule has 0 aliphatic rings. The lowest BCUT2D eigenvalue weighted by Crippen LogP contribution is -2.01. The van der Waals surface area contributed by atoms with Crippen molar-refractivity contribution in [2.24, 2.45) is 0 Å². The van der Waals surface area contributed by atoms with Gasteiger partial charge in [0.1, 0.15) is 12.4 Å². The number of aliphatic hydroxyl groups excluding tert-OH is 1. The third-order valence-electron chi connectivity index (χ3n) is 2.91. The van der Waals surface area contributed by atoms with E-state index in [0.29, 0.717) is 12.5 Å². The van der Waals surface area contributed by atoms with Crippen LogP contribution < -0.4 is 4.74 Å². The average Bonchev–Trinajstić information content (AvgIpc) is 2.46. The number of ether oxygens (including phenoxy) is 1. The number of hydrogen-bond acceptors (Lipinski definition) is 3. The second-order valence-electron chi connectivity index (χ2n) is 4.80. The molecule has 0 unspecified atom stereocenters. The van der Waals surface area contributed by atoms with Crippen LogP contribution in [0.3, 0.4) is 0 Å². The van der Waals surface area contributed by atoms with Crippen LogP contribution in [-0.2, 0) is 13.2 Å². The Morgan fingerprint density at radius 2 is 1.84 bits per heavy atom. The number of benzene rings is 1. The van der Waals surface area contributed by atoms with E-state index in [2.05, 4.69) is 18.8 Å². The summed E-state index contributed by atoms with van der Waals surface area (Å²) in [5.41, 5.74) is 2.89. The van der Waals surface area contributed by atoms with Crippen molar-refractivity contribution in [3.63, 3.8) is 0 Å². The van der Waals surface area contributed by atoms with E-state index in [1.54, 1.807) is 0 Å². The van der Waals surface area contributed by atoms with Gasteiger partial charge in [0, 0.05) is 5.69 Å².